The number of carbonyl (C=O) groups excluding carboxylic acids is 1. The maximum Gasteiger partial charge on any atom is 0.255 e. The average molecular weight is 432 g/mol. The Balaban J connectivity index is 1.34. The summed E-state index contributed by atoms with van der Waals surface area (Å²) in [6.45, 7) is 2.77. The molecule has 4 aliphatic rings. The largest absolute Gasteiger partial charge is 0.507 e. The number of nitrogens with zero attached hydrogens (tertiary/aromatic N) is 3. The lowest BCUT2D eigenvalue weighted by Gasteiger charge is -2.37. The summed E-state index contributed by atoms with van der Waals surface area (Å²) in [5, 5.41) is 24.8. The number of aromatic nitrogens is 1. The van der Waals surface area contributed by atoms with Crippen LogP contribution in [0.4, 0.5) is 10.2 Å². The number of hydrogen-bond acceptors (Lipinski definition) is 7. The third-order valence-corrected chi connectivity index (χ3v) is 7.00. The Hall–Kier alpha value is -2.23. The Morgan fingerprint density at radius 3 is 2.81 bits per heavy atom. The highest BCUT2D eigenvalue weighted by atomic mass is 19.1. The molecule has 1 aromatic heterocycles. The summed E-state index contributed by atoms with van der Waals surface area (Å²) in [6.07, 6.45) is 2.74. The van der Waals surface area contributed by atoms with Crippen molar-refractivity contribution in [2.75, 3.05) is 31.1 Å². The highest BCUT2D eigenvalue weighted by molar-refractivity contribution is 6.03. The number of nitrogens with one attached hydrogen (secondary N) is 1. The van der Waals surface area contributed by atoms with Gasteiger partial charge in [0, 0.05) is 37.9 Å². The second-order valence-electron chi connectivity index (χ2n) is 8.97. The van der Waals surface area contributed by atoms with Gasteiger partial charge < -0.3 is 25.2 Å². The lowest BCUT2D eigenvalue weighted by molar-refractivity contribution is -0.119. The molecule has 9 heteroatoms. The first-order chi connectivity index (χ1) is 15.0. The molecule has 2 saturated heterocycles. The Bertz CT molecular complexity index is 873. The van der Waals surface area contributed by atoms with E-state index in [1.807, 2.05) is 0 Å². The number of carbonyl (C=O) groups is 1. The zero-order valence-corrected chi connectivity index (χ0v) is 17.4. The Morgan fingerprint density at radius 2 is 2.10 bits per heavy atom. The monoisotopic (exact) mass is 432 g/mol. The van der Waals surface area contributed by atoms with Gasteiger partial charge in [-0.1, -0.05) is 0 Å². The van der Waals surface area contributed by atoms with Crippen LogP contribution in [-0.2, 0) is 9.53 Å². The quantitative estimate of drug-likeness (QED) is 0.646. The van der Waals surface area contributed by atoms with Crippen LogP contribution in [0.3, 0.4) is 0 Å². The molecular weight excluding hydrogens is 403 g/mol. The lowest BCUT2D eigenvalue weighted by atomic mass is 9.93. The van der Waals surface area contributed by atoms with Gasteiger partial charge in [0.05, 0.1) is 18.3 Å². The first-order valence-electron chi connectivity index (χ1n) is 11.1. The molecule has 168 valence electrons. The number of alkyl halides is 1. The van der Waals surface area contributed by atoms with E-state index in [4.69, 9.17) is 4.74 Å². The molecule has 3 fully saturated rings. The van der Waals surface area contributed by atoms with Crippen LogP contribution in [0.25, 0.3) is 5.76 Å². The normalized spacial score (nSPS) is 33.0. The lowest BCUT2D eigenvalue weighted by Crippen LogP contribution is -2.50. The predicted octanol–water partition coefficient (Wildman–Crippen LogP) is 1.36. The Morgan fingerprint density at radius 1 is 1.29 bits per heavy atom. The minimum absolute atomic E-state index is 0.0749. The molecule has 31 heavy (non-hydrogen) atoms. The molecule has 8 nitrogen and oxygen atoms in total. The summed E-state index contributed by atoms with van der Waals surface area (Å²) in [4.78, 5) is 21.4. The van der Waals surface area contributed by atoms with E-state index < -0.39 is 18.3 Å². The summed E-state index contributed by atoms with van der Waals surface area (Å²) in [5.41, 5.74) is 0.353. The molecule has 5 rings (SSSR count). The molecule has 3 aliphatic heterocycles. The van der Waals surface area contributed by atoms with Gasteiger partial charge in [0.15, 0.2) is 6.23 Å². The molecule has 0 aromatic carbocycles. The summed E-state index contributed by atoms with van der Waals surface area (Å²) in [6, 6.07) is 3.63. The van der Waals surface area contributed by atoms with Gasteiger partial charge in [0.1, 0.15) is 23.3 Å². The molecule has 1 aromatic rings. The van der Waals surface area contributed by atoms with Gasteiger partial charge in [-0.3, -0.25) is 9.69 Å². The van der Waals surface area contributed by atoms with E-state index in [9.17, 15) is 19.4 Å². The molecule has 3 atom stereocenters. The van der Waals surface area contributed by atoms with Crippen LogP contribution in [0, 0.1) is 0 Å². The van der Waals surface area contributed by atoms with Crippen molar-refractivity contribution in [1.82, 2.24) is 15.2 Å². The fourth-order valence-corrected chi connectivity index (χ4v) is 5.25. The van der Waals surface area contributed by atoms with Gasteiger partial charge >= 0.3 is 0 Å². The van der Waals surface area contributed by atoms with Crippen molar-refractivity contribution in [3.05, 3.63) is 29.5 Å². The van der Waals surface area contributed by atoms with E-state index in [1.54, 1.807) is 23.2 Å². The van der Waals surface area contributed by atoms with Crippen LogP contribution in [-0.4, -0.2) is 82.8 Å². The smallest absolute Gasteiger partial charge is 0.255 e. The molecule has 0 spiro atoms. The van der Waals surface area contributed by atoms with Crippen LogP contribution in [0.2, 0.25) is 0 Å². The molecular formula is C22H29FN4O4. The van der Waals surface area contributed by atoms with E-state index in [1.165, 1.54) is 0 Å². The van der Waals surface area contributed by atoms with Crippen LogP contribution in [0.5, 0.6) is 0 Å². The van der Waals surface area contributed by atoms with Crippen LogP contribution in [0.1, 0.15) is 37.7 Å². The van der Waals surface area contributed by atoms with Crippen molar-refractivity contribution in [2.45, 2.75) is 62.7 Å². The number of rotatable bonds is 5. The number of fused-ring (bicyclic) bond motifs is 3. The number of amides is 1. The molecule has 4 heterocycles. The van der Waals surface area contributed by atoms with Gasteiger partial charge in [-0.2, -0.15) is 0 Å². The van der Waals surface area contributed by atoms with Gasteiger partial charge in [-0.15, -0.1) is 0 Å². The van der Waals surface area contributed by atoms with E-state index in [2.05, 4.69) is 15.2 Å². The molecule has 3 N–H and O–H groups in total. The Labute approximate surface area is 180 Å². The fraction of sp³-hybridized carbons (Fsp3) is 0.636. The first-order valence-corrected chi connectivity index (χ1v) is 11.1. The van der Waals surface area contributed by atoms with Crippen LogP contribution in [0.15, 0.2) is 23.9 Å². The molecule has 1 aliphatic carbocycles. The van der Waals surface area contributed by atoms with E-state index in [0.717, 1.165) is 19.6 Å². The maximum absolute atomic E-state index is 13.4. The number of pyridine rings is 1. The second-order valence-corrected chi connectivity index (χ2v) is 8.97. The molecule has 1 amide bonds. The number of anilines is 1. The standard InChI is InChI=1S/C22H29FN4O4/c23-13-3-5-14(6-4-13)25-21(29)18-19(28)17-2-1-7-24-20(17)27(22(18)30)9-8-26-11-16-10-15(26)12-31-16/h1-2,7,13-16,22,28,30H,3-6,8-12H2,(H,25,29)/t13-,14+,15?,16?,22?. The second kappa shape index (κ2) is 8.37. The van der Waals surface area contributed by atoms with Crippen LogP contribution >= 0.6 is 0 Å². The zero-order chi connectivity index (χ0) is 21.5. The van der Waals surface area contributed by atoms with Crippen molar-refractivity contribution >= 4 is 17.5 Å². The maximum atomic E-state index is 13.4. The van der Waals surface area contributed by atoms with Crippen molar-refractivity contribution in [3.8, 4) is 0 Å². The van der Waals surface area contributed by atoms with Gasteiger partial charge in [0.25, 0.3) is 5.91 Å². The SMILES string of the molecule is O=C(N[C@H]1CC[C@@H](F)CC1)C1=C(O)c2cccnc2N(CCN2CC3CC2CO3)C1O. The predicted molar refractivity (Wildman–Crippen MR) is 112 cm³/mol. The highest BCUT2D eigenvalue weighted by Crippen LogP contribution is 2.35. The van der Waals surface area contributed by atoms with Gasteiger partial charge in [-0.25, -0.2) is 9.37 Å². The average Bonchev–Trinajstić information content (AvgIpc) is 3.39. The molecule has 2 bridgehead atoms. The van der Waals surface area contributed by atoms with Crippen molar-refractivity contribution in [1.29, 1.82) is 0 Å². The van der Waals surface area contributed by atoms with Crippen molar-refractivity contribution in [3.63, 3.8) is 0 Å². The summed E-state index contributed by atoms with van der Waals surface area (Å²) in [7, 11) is 0. The minimum Gasteiger partial charge on any atom is -0.507 e. The van der Waals surface area contributed by atoms with Crippen molar-refractivity contribution < 1.29 is 24.1 Å². The summed E-state index contributed by atoms with van der Waals surface area (Å²) >= 11 is 0. The van der Waals surface area contributed by atoms with Gasteiger partial charge in [-0.05, 0) is 44.2 Å². The van der Waals surface area contributed by atoms with Gasteiger partial charge in [0.2, 0.25) is 0 Å². The van der Waals surface area contributed by atoms with E-state index >= 15 is 0 Å². The molecule has 3 unspecified atom stereocenters. The number of aliphatic hydroxyl groups is 2. The number of morpholine rings is 1. The number of halogens is 1. The van der Waals surface area contributed by atoms with Crippen LogP contribution < -0.4 is 10.2 Å². The molecule has 0 radical (unpaired) electrons. The number of ether oxygens (including phenoxy) is 1. The topological polar surface area (TPSA) is 98.2 Å². The minimum atomic E-state index is -1.31. The van der Waals surface area contributed by atoms with E-state index in [-0.39, 0.29) is 23.5 Å². The summed E-state index contributed by atoms with van der Waals surface area (Å²) in [5.74, 6) is -0.305. The number of hydrogen-bond donors (Lipinski definition) is 3. The van der Waals surface area contributed by atoms with Crippen molar-refractivity contribution in [2.24, 2.45) is 0 Å². The fourth-order valence-electron chi connectivity index (χ4n) is 5.25. The highest BCUT2D eigenvalue weighted by Gasteiger charge is 2.41. The third-order valence-electron chi connectivity index (χ3n) is 7.00. The van der Waals surface area contributed by atoms with E-state index in [0.29, 0.717) is 56.2 Å². The first kappa shape index (κ1) is 20.7. The molecule has 1 saturated carbocycles. The third kappa shape index (κ3) is 3.90. The Kier molecular flexibility index (Phi) is 5.58. The number of aliphatic hydroxyl groups excluding tert-OH is 2. The summed E-state index contributed by atoms with van der Waals surface area (Å²) < 4.78 is 19.1. The number of likely N-dealkylation sites (tertiary alicyclic amines) is 1. The zero-order valence-electron chi connectivity index (χ0n) is 17.4.